The number of carbonyl (C=O) groups is 1. The number of rotatable bonds is 6. The number of carbonyl (C=O) groups excluding carboxylic acids is 1. The van der Waals surface area contributed by atoms with Crippen molar-refractivity contribution in [3.8, 4) is 5.75 Å². The van der Waals surface area contributed by atoms with Crippen LogP contribution in [0.5, 0.6) is 5.75 Å². The highest BCUT2D eigenvalue weighted by molar-refractivity contribution is 6.35. The minimum atomic E-state index is -0.466. The lowest BCUT2D eigenvalue weighted by Gasteiger charge is -2.18. The summed E-state index contributed by atoms with van der Waals surface area (Å²) in [4.78, 5) is 13.8. The van der Waals surface area contributed by atoms with Gasteiger partial charge < -0.3 is 9.64 Å². The van der Waals surface area contributed by atoms with Gasteiger partial charge in [0, 0.05) is 18.1 Å². The summed E-state index contributed by atoms with van der Waals surface area (Å²) in [5.74, 6) is -0.418. The van der Waals surface area contributed by atoms with E-state index in [0.717, 1.165) is 25.9 Å². The second kappa shape index (κ2) is 9.06. The molecule has 142 valence electrons. The molecule has 0 bridgehead atoms. The molecule has 1 fully saturated rings. The molecule has 8 heteroatoms. The molecule has 0 aliphatic carbocycles. The first-order valence-corrected chi connectivity index (χ1v) is 9.23. The average molecular weight is 410 g/mol. The van der Waals surface area contributed by atoms with Crippen molar-refractivity contribution in [2.24, 2.45) is 5.10 Å². The van der Waals surface area contributed by atoms with Crippen molar-refractivity contribution >= 4 is 41.0 Å². The zero-order valence-electron chi connectivity index (χ0n) is 14.4. The van der Waals surface area contributed by atoms with E-state index in [1.807, 2.05) is 4.90 Å². The summed E-state index contributed by atoms with van der Waals surface area (Å²) in [6, 6.07) is 9.60. The highest BCUT2D eigenvalue weighted by Gasteiger charge is 2.15. The molecule has 3 rings (SSSR count). The zero-order chi connectivity index (χ0) is 19.2. The standard InChI is InChI=1S/C19H18Cl2FN3O2/c20-14-4-6-18(15(21)10-14)27-12-19(26)24-23-11-13-3-5-17(16(22)9-13)25-7-1-2-8-25/h3-6,9-11H,1-2,7-8,12H2,(H,24,26)/b23-11+. The summed E-state index contributed by atoms with van der Waals surface area (Å²) in [7, 11) is 0. The Labute approximate surface area is 166 Å². The lowest BCUT2D eigenvalue weighted by Crippen LogP contribution is -2.24. The predicted molar refractivity (Wildman–Crippen MR) is 106 cm³/mol. The van der Waals surface area contributed by atoms with Gasteiger partial charge in [-0.25, -0.2) is 9.82 Å². The Kier molecular flexibility index (Phi) is 6.53. The summed E-state index contributed by atoms with van der Waals surface area (Å²) >= 11 is 11.8. The van der Waals surface area contributed by atoms with E-state index in [-0.39, 0.29) is 12.4 Å². The molecule has 2 aromatic rings. The van der Waals surface area contributed by atoms with E-state index in [0.29, 0.717) is 27.0 Å². The molecule has 0 saturated carbocycles. The van der Waals surface area contributed by atoms with Crippen molar-refractivity contribution in [2.75, 3.05) is 24.6 Å². The summed E-state index contributed by atoms with van der Waals surface area (Å²) in [5.41, 5.74) is 3.48. The summed E-state index contributed by atoms with van der Waals surface area (Å²) < 4.78 is 19.5. The average Bonchev–Trinajstić information content (AvgIpc) is 3.15. The van der Waals surface area contributed by atoms with Crippen LogP contribution >= 0.6 is 23.2 Å². The molecule has 1 amide bonds. The van der Waals surface area contributed by atoms with E-state index in [1.54, 1.807) is 24.3 Å². The lowest BCUT2D eigenvalue weighted by molar-refractivity contribution is -0.123. The topological polar surface area (TPSA) is 53.9 Å². The second-order valence-electron chi connectivity index (χ2n) is 6.06. The summed E-state index contributed by atoms with van der Waals surface area (Å²) in [6.07, 6.45) is 3.54. The first-order valence-electron chi connectivity index (χ1n) is 8.47. The minimum absolute atomic E-state index is 0.263. The summed E-state index contributed by atoms with van der Waals surface area (Å²) in [5, 5.41) is 4.61. The number of halogens is 3. The number of hydrazone groups is 1. The van der Waals surface area contributed by atoms with Crippen molar-refractivity contribution < 1.29 is 13.9 Å². The fraction of sp³-hybridized carbons (Fsp3) is 0.263. The minimum Gasteiger partial charge on any atom is -0.482 e. The number of ether oxygens (including phenoxy) is 1. The first-order chi connectivity index (χ1) is 13.0. The second-order valence-corrected chi connectivity index (χ2v) is 6.91. The SMILES string of the molecule is O=C(COc1ccc(Cl)cc1Cl)N/N=C/c1ccc(N2CCCC2)c(F)c1. The normalized spacial score (nSPS) is 14.0. The highest BCUT2D eigenvalue weighted by Crippen LogP contribution is 2.27. The number of nitrogens with zero attached hydrogens (tertiary/aromatic N) is 2. The van der Waals surface area contributed by atoms with E-state index < -0.39 is 5.91 Å². The van der Waals surface area contributed by atoms with Crippen molar-refractivity contribution in [2.45, 2.75) is 12.8 Å². The van der Waals surface area contributed by atoms with Gasteiger partial charge >= 0.3 is 0 Å². The van der Waals surface area contributed by atoms with Gasteiger partial charge in [-0.15, -0.1) is 0 Å². The molecule has 0 spiro atoms. The number of benzene rings is 2. The van der Waals surface area contributed by atoms with Crippen molar-refractivity contribution in [1.29, 1.82) is 0 Å². The molecule has 1 N–H and O–H groups in total. The van der Waals surface area contributed by atoms with Gasteiger partial charge in [0.25, 0.3) is 5.91 Å². The quantitative estimate of drug-likeness (QED) is 0.572. The van der Waals surface area contributed by atoms with Gasteiger partial charge in [0.05, 0.1) is 16.9 Å². The van der Waals surface area contributed by atoms with Crippen molar-refractivity contribution in [1.82, 2.24) is 5.43 Å². The highest BCUT2D eigenvalue weighted by atomic mass is 35.5. The maximum Gasteiger partial charge on any atom is 0.277 e. The Bertz CT molecular complexity index is 855. The number of amides is 1. The van der Waals surface area contributed by atoms with Crippen LogP contribution in [0.15, 0.2) is 41.5 Å². The van der Waals surface area contributed by atoms with Gasteiger partial charge in [0.2, 0.25) is 0 Å². The molecule has 5 nitrogen and oxygen atoms in total. The Morgan fingerprint density at radius 1 is 1.22 bits per heavy atom. The van der Waals surface area contributed by atoms with Crippen molar-refractivity contribution in [3.05, 3.63) is 57.8 Å². The molecule has 1 heterocycles. The fourth-order valence-corrected chi connectivity index (χ4v) is 3.23. The maximum atomic E-state index is 14.2. The third-order valence-corrected chi connectivity index (χ3v) is 4.60. The van der Waals surface area contributed by atoms with E-state index in [4.69, 9.17) is 27.9 Å². The molecule has 1 aliphatic heterocycles. The van der Waals surface area contributed by atoms with Crippen LogP contribution in [0, 0.1) is 5.82 Å². The number of anilines is 1. The van der Waals surface area contributed by atoms with Gasteiger partial charge in [-0.05, 0) is 48.7 Å². The van der Waals surface area contributed by atoms with Crippen LogP contribution in [0.25, 0.3) is 0 Å². The molecule has 0 radical (unpaired) electrons. The Morgan fingerprint density at radius 3 is 2.70 bits per heavy atom. The van der Waals surface area contributed by atoms with E-state index in [1.165, 1.54) is 18.3 Å². The molecule has 0 atom stereocenters. The van der Waals surface area contributed by atoms with E-state index >= 15 is 0 Å². The number of hydrogen-bond donors (Lipinski definition) is 1. The van der Waals surface area contributed by atoms with Gasteiger partial charge in [-0.3, -0.25) is 4.79 Å². The van der Waals surface area contributed by atoms with Gasteiger partial charge in [-0.2, -0.15) is 5.10 Å². The molecular weight excluding hydrogens is 392 g/mol. The van der Waals surface area contributed by atoms with E-state index in [9.17, 15) is 9.18 Å². The monoisotopic (exact) mass is 409 g/mol. The Balaban J connectivity index is 1.50. The first kappa shape index (κ1) is 19.5. The van der Waals surface area contributed by atoms with Gasteiger partial charge in [0.1, 0.15) is 11.6 Å². The number of hydrogen-bond acceptors (Lipinski definition) is 4. The van der Waals surface area contributed by atoms with Crippen LogP contribution in [0.1, 0.15) is 18.4 Å². The van der Waals surface area contributed by atoms with Gasteiger partial charge in [-0.1, -0.05) is 29.3 Å². The number of nitrogens with one attached hydrogen (secondary N) is 1. The zero-order valence-corrected chi connectivity index (χ0v) is 15.9. The Hall–Kier alpha value is -2.31. The van der Waals surface area contributed by atoms with E-state index in [2.05, 4.69) is 10.5 Å². The van der Waals surface area contributed by atoms with Crippen LogP contribution in [0.3, 0.4) is 0 Å². The predicted octanol–water partition coefficient (Wildman–Crippen LogP) is 4.26. The third-order valence-electron chi connectivity index (χ3n) is 4.07. The Morgan fingerprint density at radius 2 is 2.00 bits per heavy atom. The molecule has 0 unspecified atom stereocenters. The molecule has 1 saturated heterocycles. The molecule has 1 aliphatic rings. The van der Waals surface area contributed by atoms with Crippen molar-refractivity contribution in [3.63, 3.8) is 0 Å². The fourth-order valence-electron chi connectivity index (χ4n) is 2.76. The third kappa shape index (κ3) is 5.34. The van der Waals surface area contributed by atoms with Crippen LogP contribution in [0.4, 0.5) is 10.1 Å². The van der Waals surface area contributed by atoms with Crippen LogP contribution in [-0.2, 0) is 4.79 Å². The summed E-state index contributed by atoms with van der Waals surface area (Å²) in [6.45, 7) is 1.48. The lowest BCUT2D eigenvalue weighted by atomic mass is 10.2. The van der Waals surface area contributed by atoms with Crippen LogP contribution < -0.4 is 15.1 Å². The molecule has 2 aromatic carbocycles. The smallest absolute Gasteiger partial charge is 0.277 e. The maximum absolute atomic E-state index is 14.2. The van der Waals surface area contributed by atoms with Crippen LogP contribution in [-0.4, -0.2) is 31.8 Å². The van der Waals surface area contributed by atoms with Crippen LogP contribution in [0.2, 0.25) is 10.0 Å². The largest absolute Gasteiger partial charge is 0.482 e. The molecular formula is C19H18Cl2FN3O2. The molecule has 0 aromatic heterocycles. The molecule has 27 heavy (non-hydrogen) atoms. The van der Waals surface area contributed by atoms with Gasteiger partial charge in [0.15, 0.2) is 6.61 Å².